The molecule has 1 atom stereocenters. The van der Waals surface area contributed by atoms with Gasteiger partial charge in [-0.2, -0.15) is 0 Å². The number of halogens is 1. The van der Waals surface area contributed by atoms with Crippen LogP contribution in [0.2, 0.25) is 0 Å². The van der Waals surface area contributed by atoms with Crippen molar-refractivity contribution in [1.82, 2.24) is 24.9 Å². The summed E-state index contributed by atoms with van der Waals surface area (Å²) in [6, 6.07) is 6.45. The molecule has 0 saturated carbocycles. The van der Waals surface area contributed by atoms with Gasteiger partial charge in [0, 0.05) is 31.5 Å². The molecule has 1 saturated heterocycles. The molecular weight excluding hydrogens is 311 g/mol. The standard InChI is InChI=1S/C16H15FN6O/c17-11-1-2-13(19-9-11)16(24)20-12-5-7-22(10-12)15-4-3-14-18-6-8-23(14)21-15/h1-4,6,8-9,12H,5,7,10H2,(H,20,24)/t12-/m0/s1. The number of hydrogen-bond acceptors (Lipinski definition) is 5. The van der Waals surface area contributed by atoms with Gasteiger partial charge in [-0.3, -0.25) is 4.79 Å². The predicted octanol–water partition coefficient (Wildman–Crippen LogP) is 1.27. The van der Waals surface area contributed by atoms with Crippen molar-refractivity contribution in [1.29, 1.82) is 0 Å². The third-order valence-electron chi connectivity index (χ3n) is 4.05. The minimum atomic E-state index is -0.459. The first-order chi connectivity index (χ1) is 11.7. The van der Waals surface area contributed by atoms with Gasteiger partial charge in [0.25, 0.3) is 5.91 Å². The summed E-state index contributed by atoms with van der Waals surface area (Å²) in [4.78, 5) is 22.2. The summed E-state index contributed by atoms with van der Waals surface area (Å²) in [5.41, 5.74) is 1.01. The maximum atomic E-state index is 12.9. The molecule has 0 aromatic carbocycles. The van der Waals surface area contributed by atoms with Gasteiger partial charge in [-0.05, 0) is 30.7 Å². The molecule has 3 aromatic heterocycles. The zero-order valence-corrected chi connectivity index (χ0v) is 12.8. The van der Waals surface area contributed by atoms with Crippen molar-refractivity contribution in [3.63, 3.8) is 0 Å². The van der Waals surface area contributed by atoms with Crippen LogP contribution in [-0.4, -0.2) is 44.6 Å². The molecule has 0 aliphatic carbocycles. The van der Waals surface area contributed by atoms with Crippen LogP contribution in [0.25, 0.3) is 5.65 Å². The van der Waals surface area contributed by atoms with Crippen LogP contribution in [-0.2, 0) is 0 Å². The van der Waals surface area contributed by atoms with Crippen LogP contribution in [0, 0.1) is 5.82 Å². The van der Waals surface area contributed by atoms with Gasteiger partial charge in [-0.1, -0.05) is 0 Å². The van der Waals surface area contributed by atoms with Gasteiger partial charge >= 0.3 is 0 Å². The Labute approximate surface area is 137 Å². The average molecular weight is 326 g/mol. The highest BCUT2D eigenvalue weighted by Gasteiger charge is 2.25. The summed E-state index contributed by atoms with van der Waals surface area (Å²) in [7, 11) is 0. The van der Waals surface area contributed by atoms with E-state index in [1.54, 1.807) is 16.9 Å². The molecule has 1 aliphatic rings. The van der Waals surface area contributed by atoms with Gasteiger partial charge in [-0.15, -0.1) is 5.10 Å². The van der Waals surface area contributed by atoms with E-state index in [9.17, 15) is 9.18 Å². The molecule has 4 heterocycles. The highest BCUT2D eigenvalue weighted by Crippen LogP contribution is 2.18. The topological polar surface area (TPSA) is 75.4 Å². The molecule has 4 rings (SSSR count). The van der Waals surface area contributed by atoms with Crippen molar-refractivity contribution in [3.8, 4) is 0 Å². The molecule has 0 radical (unpaired) electrons. The second-order valence-corrected chi connectivity index (χ2v) is 5.69. The Hall–Kier alpha value is -3.03. The van der Waals surface area contributed by atoms with Crippen molar-refractivity contribution in [2.45, 2.75) is 12.5 Å². The fraction of sp³-hybridized carbons (Fsp3) is 0.250. The number of carbonyl (C=O) groups is 1. The van der Waals surface area contributed by atoms with Crippen molar-refractivity contribution in [2.75, 3.05) is 18.0 Å². The lowest BCUT2D eigenvalue weighted by atomic mass is 10.2. The minimum Gasteiger partial charge on any atom is -0.353 e. The van der Waals surface area contributed by atoms with Gasteiger partial charge in [0.1, 0.15) is 17.3 Å². The fourth-order valence-corrected chi connectivity index (χ4v) is 2.83. The first-order valence-electron chi connectivity index (χ1n) is 7.67. The number of rotatable bonds is 3. The van der Waals surface area contributed by atoms with E-state index in [0.29, 0.717) is 6.54 Å². The van der Waals surface area contributed by atoms with Crippen molar-refractivity contribution in [2.24, 2.45) is 0 Å². The van der Waals surface area contributed by atoms with Gasteiger partial charge in [-0.25, -0.2) is 18.9 Å². The Morgan fingerprint density at radius 3 is 3.00 bits per heavy atom. The smallest absolute Gasteiger partial charge is 0.270 e. The lowest BCUT2D eigenvalue weighted by Gasteiger charge is -2.17. The summed E-state index contributed by atoms with van der Waals surface area (Å²) >= 11 is 0. The van der Waals surface area contributed by atoms with E-state index in [0.717, 1.165) is 30.6 Å². The summed E-state index contributed by atoms with van der Waals surface area (Å²) in [6.45, 7) is 1.47. The molecule has 0 unspecified atom stereocenters. The summed E-state index contributed by atoms with van der Waals surface area (Å²) in [6.07, 6.45) is 5.36. The van der Waals surface area contributed by atoms with E-state index in [1.807, 2.05) is 12.1 Å². The molecule has 1 fully saturated rings. The second-order valence-electron chi connectivity index (χ2n) is 5.69. The van der Waals surface area contributed by atoms with Crippen molar-refractivity contribution in [3.05, 3.63) is 54.4 Å². The largest absolute Gasteiger partial charge is 0.353 e. The van der Waals surface area contributed by atoms with E-state index in [4.69, 9.17) is 0 Å². The second kappa shape index (κ2) is 5.88. The zero-order valence-electron chi connectivity index (χ0n) is 12.8. The van der Waals surface area contributed by atoms with E-state index < -0.39 is 5.82 Å². The zero-order chi connectivity index (χ0) is 16.5. The van der Waals surface area contributed by atoms with Crippen LogP contribution in [0.5, 0.6) is 0 Å². The Balaban J connectivity index is 1.42. The number of fused-ring (bicyclic) bond motifs is 1. The highest BCUT2D eigenvalue weighted by atomic mass is 19.1. The van der Waals surface area contributed by atoms with Crippen molar-refractivity contribution < 1.29 is 9.18 Å². The van der Waals surface area contributed by atoms with Crippen LogP contribution in [0.1, 0.15) is 16.9 Å². The van der Waals surface area contributed by atoms with Gasteiger partial charge in [0.05, 0.1) is 6.20 Å². The van der Waals surface area contributed by atoms with Crippen LogP contribution in [0.4, 0.5) is 10.2 Å². The molecule has 0 spiro atoms. The molecule has 1 amide bonds. The maximum Gasteiger partial charge on any atom is 0.270 e. The molecule has 1 N–H and O–H groups in total. The Bertz CT molecular complexity index is 878. The molecule has 0 bridgehead atoms. The lowest BCUT2D eigenvalue weighted by Crippen LogP contribution is -2.37. The van der Waals surface area contributed by atoms with Gasteiger partial charge in [0.15, 0.2) is 5.65 Å². The van der Waals surface area contributed by atoms with Gasteiger partial charge < -0.3 is 10.2 Å². The third-order valence-corrected chi connectivity index (χ3v) is 4.05. The molecule has 1 aliphatic heterocycles. The van der Waals surface area contributed by atoms with Crippen LogP contribution in [0.3, 0.4) is 0 Å². The highest BCUT2D eigenvalue weighted by molar-refractivity contribution is 5.92. The number of carbonyl (C=O) groups excluding carboxylic acids is 1. The van der Waals surface area contributed by atoms with E-state index >= 15 is 0 Å². The summed E-state index contributed by atoms with van der Waals surface area (Å²) in [5.74, 6) is 0.0941. The maximum absolute atomic E-state index is 12.9. The number of amides is 1. The number of anilines is 1. The SMILES string of the molecule is O=C(N[C@H]1CCN(c2ccc3nccn3n2)C1)c1ccc(F)cn1. The molecule has 3 aromatic rings. The quantitative estimate of drug-likeness (QED) is 0.784. The molecule has 24 heavy (non-hydrogen) atoms. The van der Waals surface area contributed by atoms with Crippen LogP contribution in [0.15, 0.2) is 42.9 Å². The summed E-state index contributed by atoms with van der Waals surface area (Å²) < 4.78 is 14.6. The third kappa shape index (κ3) is 2.78. The molecule has 8 heteroatoms. The monoisotopic (exact) mass is 326 g/mol. The Kier molecular flexibility index (Phi) is 3.56. The first kappa shape index (κ1) is 14.6. The van der Waals surface area contributed by atoms with E-state index in [2.05, 4.69) is 25.3 Å². The average Bonchev–Trinajstić information content (AvgIpc) is 3.23. The molecule has 7 nitrogen and oxygen atoms in total. The summed E-state index contributed by atoms with van der Waals surface area (Å²) in [5, 5.41) is 7.45. The minimum absolute atomic E-state index is 0.00429. The van der Waals surface area contributed by atoms with E-state index in [-0.39, 0.29) is 17.6 Å². The Morgan fingerprint density at radius 1 is 1.25 bits per heavy atom. The predicted molar refractivity (Wildman–Crippen MR) is 85.3 cm³/mol. The molecule has 122 valence electrons. The van der Waals surface area contributed by atoms with E-state index in [1.165, 1.54) is 12.1 Å². The number of pyridine rings is 1. The number of hydrogen-bond donors (Lipinski definition) is 1. The van der Waals surface area contributed by atoms with Crippen LogP contribution >= 0.6 is 0 Å². The normalized spacial score (nSPS) is 17.4. The van der Waals surface area contributed by atoms with Crippen molar-refractivity contribution >= 4 is 17.4 Å². The molecular formula is C16H15FN6O. The lowest BCUT2D eigenvalue weighted by molar-refractivity contribution is 0.0935. The van der Waals surface area contributed by atoms with Gasteiger partial charge in [0.2, 0.25) is 0 Å². The Morgan fingerprint density at radius 2 is 2.17 bits per heavy atom. The number of imidazole rings is 1. The first-order valence-corrected chi connectivity index (χ1v) is 7.67. The fourth-order valence-electron chi connectivity index (χ4n) is 2.83. The van der Waals surface area contributed by atoms with Crippen LogP contribution < -0.4 is 10.2 Å². The number of aromatic nitrogens is 4. The number of nitrogens with one attached hydrogen (secondary N) is 1. The number of nitrogens with zero attached hydrogens (tertiary/aromatic N) is 5.